The largest absolute Gasteiger partial charge is 0.341 e. The normalized spacial score (nSPS) is 12.4. The fraction of sp³-hybridized carbons (Fsp3) is 0.0455. The van der Waals surface area contributed by atoms with Crippen molar-refractivity contribution in [1.82, 2.24) is 9.55 Å². The second-order valence-electron chi connectivity index (χ2n) is 6.27. The van der Waals surface area contributed by atoms with Crippen molar-refractivity contribution in [1.29, 1.82) is 0 Å². The topological polar surface area (TPSA) is 33.1 Å². The van der Waals surface area contributed by atoms with Gasteiger partial charge in [0.15, 0.2) is 0 Å². The maximum atomic E-state index is 5.03. The zero-order chi connectivity index (χ0) is 16.8. The second kappa shape index (κ2) is 5.35. The predicted octanol–water partition coefficient (Wildman–Crippen LogP) is 5.05. The molecule has 0 aliphatic rings. The number of pyridine rings is 1. The SMILES string of the molecule is Cn1c2ccccc2c(=Nc2ccccc2)c2c3ccccc3[nH]c21. The number of hydrogen-bond donors (Lipinski definition) is 1. The Kier molecular flexibility index (Phi) is 3.01. The van der Waals surface area contributed by atoms with Crippen molar-refractivity contribution in [3.8, 4) is 0 Å². The average molecular weight is 323 g/mol. The van der Waals surface area contributed by atoms with Crippen molar-refractivity contribution in [3.05, 3.63) is 84.2 Å². The van der Waals surface area contributed by atoms with E-state index in [4.69, 9.17) is 4.99 Å². The number of benzene rings is 3. The Morgan fingerprint density at radius 1 is 0.760 bits per heavy atom. The van der Waals surface area contributed by atoms with Gasteiger partial charge in [0.25, 0.3) is 0 Å². The van der Waals surface area contributed by atoms with Crippen LogP contribution in [0, 0.1) is 0 Å². The summed E-state index contributed by atoms with van der Waals surface area (Å²) in [6.45, 7) is 0. The van der Waals surface area contributed by atoms with Crippen LogP contribution in [-0.2, 0) is 7.05 Å². The highest BCUT2D eigenvalue weighted by Gasteiger charge is 2.12. The first-order valence-corrected chi connectivity index (χ1v) is 8.41. The third-order valence-electron chi connectivity index (χ3n) is 4.78. The molecule has 0 fully saturated rings. The highest BCUT2D eigenvalue weighted by atomic mass is 15.0. The van der Waals surface area contributed by atoms with Crippen molar-refractivity contribution in [3.63, 3.8) is 0 Å². The Morgan fingerprint density at radius 2 is 1.44 bits per heavy atom. The van der Waals surface area contributed by atoms with E-state index in [2.05, 4.69) is 65.1 Å². The number of nitrogens with zero attached hydrogens (tertiary/aromatic N) is 2. The number of H-pyrrole nitrogens is 1. The molecule has 0 aliphatic carbocycles. The zero-order valence-electron chi connectivity index (χ0n) is 13.9. The van der Waals surface area contributed by atoms with Crippen LogP contribution in [0.1, 0.15) is 0 Å². The summed E-state index contributed by atoms with van der Waals surface area (Å²) in [7, 11) is 2.10. The number of aromatic amines is 1. The third-order valence-corrected chi connectivity index (χ3v) is 4.78. The van der Waals surface area contributed by atoms with Crippen LogP contribution < -0.4 is 5.36 Å². The molecule has 3 nitrogen and oxygen atoms in total. The van der Waals surface area contributed by atoms with Crippen LogP contribution in [0.25, 0.3) is 32.8 Å². The van der Waals surface area contributed by atoms with Crippen molar-refractivity contribution in [2.75, 3.05) is 0 Å². The first kappa shape index (κ1) is 14.1. The lowest BCUT2D eigenvalue weighted by Gasteiger charge is -2.09. The quantitative estimate of drug-likeness (QED) is 0.448. The molecular formula is C22H17N3. The van der Waals surface area contributed by atoms with E-state index in [-0.39, 0.29) is 0 Å². The van der Waals surface area contributed by atoms with E-state index in [1.165, 1.54) is 10.8 Å². The molecule has 3 heteroatoms. The molecule has 0 aliphatic heterocycles. The highest BCUT2D eigenvalue weighted by Crippen LogP contribution is 2.26. The number of fused-ring (bicyclic) bond motifs is 4. The fourth-order valence-electron chi connectivity index (χ4n) is 3.59. The first-order valence-electron chi connectivity index (χ1n) is 8.41. The van der Waals surface area contributed by atoms with Gasteiger partial charge in [0, 0.05) is 23.3 Å². The molecule has 0 radical (unpaired) electrons. The fourth-order valence-corrected chi connectivity index (χ4v) is 3.59. The number of rotatable bonds is 1. The highest BCUT2D eigenvalue weighted by molar-refractivity contribution is 6.09. The first-order chi connectivity index (χ1) is 12.3. The van der Waals surface area contributed by atoms with Gasteiger partial charge in [0.1, 0.15) is 5.65 Å². The zero-order valence-corrected chi connectivity index (χ0v) is 13.9. The summed E-state index contributed by atoms with van der Waals surface area (Å²) in [5.41, 5.74) is 4.35. The van der Waals surface area contributed by atoms with Gasteiger partial charge in [-0.15, -0.1) is 0 Å². The Labute approximate surface area is 144 Å². The molecule has 0 spiro atoms. The molecule has 0 atom stereocenters. The van der Waals surface area contributed by atoms with Gasteiger partial charge in [0.05, 0.1) is 21.9 Å². The maximum Gasteiger partial charge on any atom is 0.120 e. The molecule has 25 heavy (non-hydrogen) atoms. The number of aryl methyl sites for hydroxylation is 1. The lowest BCUT2D eigenvalue weighted by Crippen LogP contribution is -2.09. The van der Waals surface area contributed by atoms with Crippen molar-refractivity contribution in [2.24, 2.45) is 12.0 Å². The Bertz CT molecular complexity index is 1290. The van der Waals surface area contributed by atoms with E-state index in [0.717, 1.165) is 33.1 Å². The molecule has 2 aromatic heterocycles. The minimum atomic E-state index is 0.966. The Morgan fingerprint density at radius 3 is 2.28 bits per heavy atom. The smallest absolute Gasteiger partial charge is 0.120 e. The van der Waals surface area contributed by atoms with E-state index in [0.29, 0.717) is 0 Å². The van der Waals surface area contributed by atoms with Crippen LogP contribution in [-0.4, -0.2) is 9.55 Å². The summed E-state index contributed by atoms with van der Waals surface area (Å²) in [5.74, 6) is 0. The molecule has 0 unspecified atom stereocenters. The molecule has 120 valence electrons. The van der Waals surface area contributed by atoms with Gasteiger partial charge in [-0.25, -0.2) is 4.99 Å². The van der Waals surface area contributed by atoms with Crippen LogP contribution in [0.2, 0.25) is 0 Å². The van der Waals surface area contributed by atoms with Crippen LogP contribution in [0.4, 0.5) is 5.69 Å². The molecule has 5 rings (SSSR count). The molecule has 0 amide bonds. The summed E-state index contributed by atoms with van der Waals surface area (Å²) in [4.78, 5) is 8.60. The van der Waals surface area contributed by atoms with E-state index in [1.807, 2.05) is 30.3 Å². The Hall–Kier alpha value is -3.33. The minimum absolute atomic E-state index is 0.966. The van der Waals surface area contributed by atoms with Gasteiger partial charge in [0.2, 0.25) is 0 Å². The average Bonchev–Trinajstić information content (AvgIpc) is 3.06. The molecule has 3 aromatic carbocycles. The maximum absolute atomic E-state index is 5.03. The van der Waals surface area contributed by atoms with Gasteiger partial charge >= 0.3 is 0 Å². The van der Waals surface area contributed by atoms with Crippen LogP contribution >= 0.6 is 0 Å². The van der Waals surface area contributed by atoms with E-state index < -0.39 is 0 Å². The molecule has 0 bridgehead atoms. The molecule has 0 saturated carbocycles. The lowest BCUT2D eigenvalue weighted by molar-refractivity contribution is 0.984. The molecule has 0 saturated heterocycles. The van der Waals surface area contributed by atoms with Crippen molar-refractivity contribution >= 4 is 38.5 Å². The summed E-state index contributed by atoms with van der Waals surface area (Å²) < 4.78 is 2.22. The van der Waals surface area contributed by atoms with Gasteiger partial charge < -0.3 is 9.55 Å². The van der Waals surface area contributed by atoms with Gasteiger partial charge in [-0.3, -0.25) is 0 Å². The third kappa shape index (κ3) is 2.09. The van der Waals surface area contributed by atoms with E-state index in [9.17, 15) is 0 Å². The summed E-state index contributed by atoms with van der Waals surface area (Å²) in [6, 6.07) is 27.0. The lowest BCUT2D eigenvalue weighted by atomic mass is 10.1. The van der Waals surface area contributed by atoms with Crippen LogP contribution in [0.5, 0.6) is 0 Å². The van der Waals surface area contributed by atoms with Crippen LogP contribution in [0.3, 0.4) is 0 Å². The van der Waals surface area contributed by atoms with Crippen molar-refractivity contribution < 1.29 is 0 Å². The van der Waals surface area contributed by atoms with Gasteiger partial charge in [-0.05, 0) is 24.3 Å². The monoisotopic (exact) mass is 323 g/mol. The predicted molar refractivity (Wildman–Crippen MR) is 104 cm³/mol. The second-order valence-corrected chi connectivity index (χ2v) is 6.27. The molecular weight excluding hydrogens is 306 g/mol. The summed E-state index contributed by atoms with van der Waals surface area (Å²) in [6.07, 6.45) is 0. The summed E-state index contributed by atoms with van der Waals surface area (Å²) in [5, 5.41) is 4.55. The molecule has 2 heterocycles. The molecule has 5 aromatic rings. The van der Waals surface area contributed by atoms with E-state index in [1.54, 1.807) is 0 Å². The van der Waals surface area contributed by atoms with Crippen LogP contribution in [0.15, 0.2) is 83.9 Å². The number of para-hydroxylation sites is 3. The van der Waals surface area contributed by atoms with Gasteiger partial charge in [-0.2, -0.15) is 0 Å². The van der Waals surface area contributed by atoms with E-state index >= 15 is 0 Å². The molecule has 1 N–H and O–H groups in total. The Balaban J connectivity index is 2.09. The van der Waals surface area contributed by atoms with Crippen molar-refractivity contribution in [2.45, 2.75) is 0 Å². The number of hydrogen-bond acceptors (Lipinski definition) is 1. The number of nitrogens with one attached hydrogen (secondary N) is 1. The minimum Gasteiger partial charge on any atom is -0.341 e. The standard InChI is InChI=1S/C22H17N3/c1-25-19-14-8-6-12-17(19)21(23-15-9-3-2-4-10-15)20-16-11-5-7-13-18(16)24-22(20)25/h2-14,24H,1H3. The summed E-state index contributed by atoms with van der Waals surface area (Å²) >= 11 is 0. The number of aromatic nitrogens is 2. The van der Waals surface area contributed by atoms with Gasteiger partial charge in [-0.1, -0.05) is 54.6 Å².